The molecule has 6 heteroatoms. The smallest absolute Gasteiger partial charge is 0.322 e. The summed E-state index contributed by atoms with van der Waals surface area (Å²) < 4.78 is 0.820. The molecular weight excluding hydrogens is 286 g/mol. The van der Waals surface area contributed by atoms with Gasteiger partial charge in [0.1, 0.15) is 12.4 Å². The Morgan fingerprint density at radius 1 is 1.47 bits per heavy atom. The van der Waals surface area contributed by atoms with E-state index in [1.165, 1.54) is 0 Å². The second-order valence-electron chi connectivity index (χ2n) is 3.51. The van der Waals surface area contributed by atoms with Crippen LogP contribution in [0.25, 0.3) is 10.8 Å². The summed E-state index contributed by atoms with van der Waals surface area (Å²) >= 11 is 3.38. The van der Waals surface area contributed by atoms with E-state index in [-0.39, 0.29) is 6.54 Å². The first-order valence-electron chi connectivity index (χ1n) is 4.87. The number of fused-ring (bicyclic) bond motifs is 1. The van der Waals surface area contributed by atoms with Crippen molar-refractivity contribution in [3.8, 4) is 0 Å². The number of carboxylic acid groups (broad SMARTS) is 1. The van der Waals surface area contributed by atoms with Gasteiger partial charge in [-0.15, -0.1) is 0 Å². The number of rotatable bonds is 3. The quantitative estimate of drug-likeness (QED) is 0.755. The molecule has 88 valence electrons. The van der Waals surface area contributed by atoms with Crippen LogP contribution in [0.1, 0.15) is 0 Å². The minimum Gasteiger partial charge on any atom is -0.480 e. The third-order valence-corrected chi connectivity index (χ3v) is 2.90. The van der Waals surface area contributed by atoms with E-state index in [0.29, 0.717) is 11.5 Å². The Kier molecular flexibility index (Phi) is 3.14. The minimum atomic E-state index is -0.932. The van der Waals surface area contributed by atoms with Crippen LogP contribution in [-0.2, 0) is 4.79 Å². The molecule has 1 aromatic heterocycles. The molecule has 0 aliphatic carbocycles. The number of nitrogens with one attached hydrogen (secondary N) is 1. The molecule has 0 fully saturated rings. The maximum Gasteiger partial charge on any atom is 0.322 e. The van der Waals surface area contributed by atoms with Crippen LogP contribution in [0, 0.1) is 0 Å². The van der Waals surface area contributed by atoms with Crippen molar-refractivity contribution in [1.29, 1.82) is 0 Å². The second-order valence-corrected chi connectivity index (χ2v) is 4.36. The number of nitrogens with two attached hydrogens (primary N) is 1. The molecule has 0 radical (unpaired) electrons. The predicted octanol–water partition coefficient (Wildman–Crippen LogP) is 2.08. The molecule has 0 saturated heterocycles. The number of hydrogen-bond acceptors (Lipinski definition) is 4. The van der Waals surface area contributed by atoms with Crippen LogP contribution < -0.4 is 11.1 Å². The molecule has 0 aliphatic heterocycles. The zero-order valence-corrected chi connectivity index (χ0v) is 10.4. The highest BCUT2D eigenvalue weighted by molar-refractivity contribution is 9.10. The van der Waals surface area contributed by atoms with Gasteiger partial charge in [-0.3, -0.25) is 4.79 Å². The van der Waals surface area contributed by atoms with Gasteiger partial charge < -0.3 is 16.2 Å². The van der Waals surface area contributed by atoms with Gasteiger partial charge in [0.2, 0.25) is 0 Å². The molecule has 5 nitrogen and oxygen atoms in total. The Labute approximate surface area is 106 Å². The lowest BCUT2D eigenvalue weighted by molar-refractivity contribution is -0.134. The van der Waals surface area contributed by atoms with Crippen LogP contribution in [0.15, 0.2) is 28.9 Å². The van der Waals surface area contributed by atoms with Crippen LogP contribution >= 0.6 is 15.9 Å². The predicted molar refractivity (Wildman–Crippen MR) is 70.0 cm³/mol. The molecule has 0 aliphatic rings. The highest BCUT2D eigenvalue weighted by Gasteiger charge is 2.07. The number of hydrogen-bond donors (Lipinski definition) is 3. The molecule has 2 rings (SSSR count). The van der Waals surface area contributed by atoms with Gasteiger partial charge in [0.25, 0.3) is 0 Å². The van der Waals surface area contributed by atoms with Crippen molar-refractivity contribution < 1.29 is 9.90 Å². The average Bonchev–Trinajstić information content (AvgIpc) is 2.28. The fraction of sp³-hybridized carbons (Fsp3) is 0.0909. The summed E-state index contributed by atoms with van der Waals surface area (Å²) in [6, 6.07) is 5.38. The molecule has 4 N–H and O–H groups in total. The highest BCUT2D eigenvalue weighted by Crippen LogP contribution is 2.29. The van der Waals surface area contributed by atoms with E-state index in [1.54, 1.807) is 12.3 Å². The Bertz CT molecular complexity index is 586. The second kappa shape index (κ2) is 4.58. The summed E-state index contributed by atoms with van der Waals surface area (Å²) in [5.74, 6) is -0.399. The number of aromatic nitrogens is 1. The molecule has 1 aromatic carbocycles. The summed E-state index contributed by atoms with van der Waals surface area (Å²) in [5.41, 5.74) is 6.36. The molecule has 17 heavy (non-hydrogen) atoms. The molecule has 0 spiro atoms. The van der Waals surface area contributed by atoms with Gasteiger partial charge in [0.15, 0.2) is 0 Å². The number of benzene rings is 1. The Balaban J connectivity index is 2.50. The van der Waals surface area contributed by atoms with Gasteiger partial charge in [-0.25, -0.2) is 4.98 Å². The number of nitrogen functional groups attached to an aromatic ring is 1. The van der Waals surface area contributed by atoms with Gasteiger partial charge in [-0.05, 0) is 34.1 Å². The molecule has 0 unspecified atom stereocenters. The zero-order chi connectivity index (χ0) is 12.4. The van der Waals surface area contributed by atoms with Gasteiger partial charge >= 0.3 is 5.97 Å². The normalized spacial score (nSPS) is 10.4. The summed E-state index contributed by atoms with van der Waals surface area (Å²) in [7, 11) is 0. The summed E-state index contributed by atoms with van der Waals surface area (Å²) in [6.07, 6.45) is 1.62. The van der Waals surface area contributed by atoms with E-state index >= 15 is 0 Å². The monoisotopic (exact) mass is 295 g/mol. The standard InChI is InChI=1S/C11H10BrN3O2/c12-9-4-14-11(15-5-10(16)17)7-2-1-6(13)3-8(7)9/h1-4H,5,13H2,(H,14,15)(H,16,17). The highest BCUT2D eigenvalue weighted by atomic mass is 79.9. The van der Waals surface area contributed by atoms with Crippen molar-refractivity contribution in [2.24, 2.45) is 0 Å². The number of halogens is 1. The van der Waals surface area contributed by atoms with Gasteiger partial charge in [0, 0.05) is 27.1 Å². The maximum atomic E-state index is 10.5. The van der Waals surface area contributed by atoms with Crippen molar-refractivity contribution in [1.82, 2.24) is 4.98 Å². The van der Waals surface area contributed by atoms with Crippen molar-refractivity contribution in [3.63, 3.8) is 0 Å². The Morgan fingerprint density at radius 2 is 2.24 bits per heavy atom. The molecule has 0 bridgehead atoms. The molecule has 0 atom stereocenters. The average molecular weight is 296 g/mol. The van der Waals surface area contributed by atoms with Gasteiger partial charge in [0.05, 0.1) is 0 Å². The Hall–Kier alpha value is -1.82. The summed E-state index contributed by atoms with van der Waals surface area (Å²) in [4.78, 5) is 14.7. The molecule has 0 saturated carbocycles. The van der Waals surface area contributed by atoms with Crippen LogP contribution in [0.3, 0.4) is 0 Å². The fourth-order valence-electron chi connectivity index (χ4n) is 1.53. The number of nitrogens with zero attached hydrogens (tertiary/aromatic N) is 1. The molecule has 0 amide bonds. The lowest BCUT2D eigenvalue weighted by atomic mass is 10.1. The molecular formula is C11H10BrN3O2. The largest absolute Gasteiger partial charge is 0.480 e. The van der Waals surface area contributed by atoms with E-state index in [2.05, 4.69) is 26.2 Å². The molecule has 2 aromatic rings. The van der Waals surface area contributed by atoms with E-state index < -0.39 is 5.97 Å². The third-order valence-electron chi connectivity index (χ3n) is 2.27. The van der Waals surface area contributed by atoms with E-state index in [1.807, 2.05) is 12.1 Å². The summed E-state index contributed by atoms with van der Waals surface area (Å²) in [6.45, 7) is -0.173. The lowest BCUT2D eigenvalue weighted by Gasteiger charge is -2.08. The first kappa shape index (κ1) is 11.7. The van der Waals surface area contributed by atoms with Crippen molar-refractivity contribution in [2.45, 2.75) is 0 Å². The van der Waals surface area contributed by atoms with Crippen molar-refractivity contribution >= 4 is 44.2 Å². The number of anilines is 2. The summed E-state index contributed by atoms with van der Waals surface area (Å²) in [5, 5.41) is 13.1. The number of carboxylic acids is 1. The van der Waals surface area contributed by atoms with E-state index in [9.17, 15) is 4.79 Å². The number of aliphatic carboxylic acids is 1. The lowest BCUT2D eigenvalue weighted by Crippen LogP contribution is -2.13. The minimum absolute atomic E-state index is 0.173. The Morgan fingerprint density at radius 3 is 2.94 bits per heavy atom. The third kappa shape index (κ3) is 2.47. The fourth-order valence-corrected chi connectivity index (χ4v) is 1.96. The van der Waals surface area contributed by atoms with E-state index in [4.69, 9.17) is 10.8 Å². The first-order valence-corrected chi connectivity index (χ1v) is 5.66. The van der Waals surface area contributed by atoms with Crippen LogP contribution in [0.5, 0.6) is 0 Å². The number of pyridine rings is 1. The van der Waals surface area contributed by atoms with Gasteiger partial charge in [-0.1, -0.05) is 0 Å². The first-order chi connectivity index (χ1) is 8.08. The number of carbonyl (C=O) groups is 1. The molecule has 1 heterocycles. The van der Waals surface area contributed by atoms with Crippen LogP contribution in [-0.4, -0.2) is 22.6 Å². The van der Waals surface area contributed by atoms with Crippen molar-refractivity contribution in [3.05, 3.63) is 28.9 Å². The zero-order valence-electron chi connectivity index (χ0n) is 8.77. The van der Waals surface area contributed by atoms with Crippen molar-refractivity contribution in [2.75, 3.05) is 17.6 Å². The van der Waals surface area contributed by atoms with E-state index in [0.717, 1.165) is 15.2 Å². The topological polar surface area (TPSA) is 88.2 Å². The SMILES string of the molecule is Nc1ccc2c(NCC(=O)O)ncc(Br)c2c1. The van der Waals surface area contributed by atoms with Crippen LogP contribution in [0.2, 0.25) is 0 Å². The van der Waals surface area contributed by atoms with Gasteiger partial charge in [-0.2, -0.15) is 0 Å². The maximum absolute atomic E-state index is 10.5. The van der Waals surface area contributed by atoms with Crippen LogP contribution in [0.4, 0.5) is 11.5 Å².